The molecule has 0 saturated carbocycles. The molecule has 1 saturated heterocycles. The summed E-state index contributed by atoms with van der Waals surface area (Å²) in [5, 5.41) is 0. The average molecular weight is 448 g/mol. The number of allylic oxidation sites excluding steroid dienone is 1. The highest BCUT2D eigenvalue weighted by atomic mass is 79.9. The molecule has 0 radical (unpaired) electrons. The summed E-state index contributed by atoms with van der Waals surface area (Å²) in [5.41, 5.74) is 2.51. The molecule has 132 valence electrons. The lowest BCUT2D eigenvalue weighted by molar-refractivity contribution is -0.113. The molecule has 0 spiro atoms. The Kier molecular flexibility index (Phi) is 5.60. The molecule has 1 heterocycles. The first-order valence-corrected chi connectivity index (χ1v) is 9.66. The Morgan fingerprint density at radius 2 is 1.81 bits per heavy atom. The van der Waals surface area contributed by atoms with Gasteiger partial charge in [-0.25, -0.2) is 4.79 Å². The SMILES string of the molecule is COC(=O)c1ccccc1N1C(=O)/C(=C(\C)c2ccc(Br)cc2)SC1=S. The van der Waals surface area contributed by atoms with Gasteiger partial charge in [0.05, 0.1) is 23.3 Å². The Hall–Kier alpha value is -1.96. The zero-order valence-electron chi connectivity index (χ0n) is 14.0. The molecule has 0 N–H and O–H groups in total. The van der Waals surface area contributed by atoms with Gasteiger partial charge < -0.3 is 4.74 Å². The molecule has 0 bridgehead atoms. The summed E-state index contributed by atoms with van der Waals surface area (Å²) in [4.78, 5) is 27.1. The smallest absolute Gasteiger partial charge is 0.339 e. The van der Waals surface area contributed by atoms with E-state index in [1.54, 1.807) is 24.3 Å². The number of thiocarbonyl (C=S) groups is 1. The Balaban J connectivity index is 2.04. The predicted molar refractivity (Wildman–Crippen MR) is 112 cm³/mol. The lowest BCUT2D eigenvalue weighted by Gasteiger charge is -2.17. The Labute approximate surface area is 169 Å². The fourth-order valence-electron chi connectivity index (χ4n) is 2.59. The molecule has 2 aromatic carbocycles. The van der Waals surface area contributed by atoms with E-state index in [0.717, 1.165) is 15.6 Å². The van der Waals surface area contributed by atoms with Gasteiger partial charge in [-0.15, -0.1) is 0 Å². The molecule has 26 heavy (non-hydrogen) atoms. The van der Waals surface area contributed by atoms with Gasteiger partial charge in [0.1, 0.15) is 0 Å². The van der Waals surface area contributed by atoms with Crippen LogP contribution in [0.1, 0.15) is 22.8 Å². The van der Waals surface area contributed by atoms with E-state index in [-0.39, 0.29) is 5.91 Å². The second-order valence-electron chi connectivity index (χ2n) is 5.48. The van der Waals surface area contributed by atoms with Crippen molar-refractivity contribution in [2.24, 2.45) is 0 Å². The average Bonchev–Trinajstić information content (AvgIpc) is 2.95. The van der Waals surface area contributed by atoms with Crippen LogP contribution < -0.4 is 4.90 Å². The van der Waals surface area contributed by atoms with Crippen LogP contribution in [0.4, 0.5) is 5.69 Å². The normalized spacial score (nSPS) is 16.0. The molecule has 0 atom stereocenters. The highest BCUT2D eigenvalue weighted by Gasteiger charge is 2.36. The van der Waals surface area contributed by atoms with Crippen LogP contribution in [0.2, 0.25) is 0 Å². The van der Waals surface area contributed by atoms with Crippen molar-refractivity contribution >= 4 is 67.4 Å². The first-order valence-electron chi connectivity index (χ1n) is 7.64. The number of para-hydroxylation sites is 1. The second kappa shape index (κ2) is 7.73. The van der Waals surface area contributed by atoms with Gasteiger partial charge in [0.25, 0.3) is 5.91 Å². The molecule has 1 aliphatic rings. The van der Waals surface area contributed by atoms with E-state index < -0.39 is 5.97 Å². The van der Waals surface area contributed by atoms with Gasteiger partial charge in [-0.2, -0.15) is 0 Å². The summed E-state index contributed by atoms with van der Waals surface area (Å²) in [5.74, 6) is -0.750. The fraction of sp³-hybridized carbons (Fsp3) is 0.105. The standard InChI is InChI=1S/C19H14BrNO3S2/c1-11(12-7-9-13(20)10-8-12)16-17(22)21(19(25)26-16)15-6-4-3-5-14(15)18(23)24-2/h3-10H,1-2H3/b16-11-. The van der Waals surface area contributed by atoms with E-state index in [0.29, 0.717) is 20.5 Å². The van der Waals surface area contributed by atoms with Gasteiger partial charge >= 0.3 is 5.97 Å². The number of rotatable bonds is 3. The minimum absolute atomic E-state index is 0.239. The molecular formula is C19H14BrNO3S2. The molecule has 2 aromatic rings. The van der Waals surface area contributed by atoms with Crippen LogP contribution in [-0.4, -0.2) is 23.3 Å². The number of anilines is 1. The lowest BCUT2D eigenvalue weighted by atomic mass is 10.1. The van der Waals surface area contributed by atoms with E-state index >= 15 is 0 Å². The van der Waals surface area contributed by atoms with Crippen LogP contribution >= 0.6 is 39.9 Å². The first-order chi connectivity index (χ1) is 12.4. The summed E-state index contributed by atoms with van der Waals surface area (Å²) < 4.78 is 6.17. The molecule has 1 aliphatic heterocycles. The van der Waals surface area contributed by atoms with Crippen LogP contribution in [-0.2, 0) is 9.53 Å². The Morgan fingerprint density at radius 1 is 1.15 bits per heavy atom. The maximum atomic E-state index is 13.1. The zero-order valence-corrected chi connectivity index (χ0v) is 17.2. The number of ether oxygens (including phenoxy) is 1. The summed E-state index contributed by atoms with van der Waals surface area (Å²) in [7, 11) is 1.31. The van der Waals surface area contributed by atoms with Crippen molar-refractivity contribution in [1.29, 1.82) is 0 Å². The third-order valence-electron chi connectivity index (χ3n) is 3.94. The molecule has 0 aliphatic carbocycles. The molecule has 4 nitrogen and oxygen atoms in total. The summed E-state index contributed by atoms with van der Waals surface area (Å²) in [6.07, 6.45) is 0. The van der Waals surface area contributed by atoms with Crippen molar-refractivity contribution in [3.05, 3.63) is 69.0 Å². The molecule has 3 rings (SSSR count). The van der Waals surface area contributed by atoms with E-state index in [2.05, 4.69) is 15.9 Å². The van der Waals surface area contributed by atoms with Crippen molar-refractivity contribution in [2.75, 3.05) is 12.0 Å². The number of carbonyl (C=O) groups is 2. The topological polar surface area (TPSA) is 46.6 Å². The second-order valence-corrected chi connectivity index (χ2v) is 8.04. The zero-order chi connectivity index (χ0) is 18.8. The van der Waals surface area contributed by atoms with E-state index in [4.69, 9.17) is 17.0 Å². The minimum Gasteiger partial charge on any atom is -0.465 e. The lowest BCUT2D eigenvalue weighted by Crippen LogP contribution is -2.29. The highest BCUT2D eigenvalue weighted by Crippen LogP contribution is 2.40. The van der Waals surface area contributed by atoms with Crippen LogP contribution in [0.5, 0.6) is 0 Å². The van der Waals surface area contributed by atoms with Gasteiger partial charge in [-0.3, -0.25) is 9.69 Å². The maximum absolute atomic E-state index is 13.1. The monoisotopic (exact) mass is 447 g/mol. The number of benzene rings is 2. The molecule has 7 heteroatoms. The Morgan fingerprint density at radius 3 is 2.46 bits per heavy atom. The van der Waals surface area contributed by atoms with Crippen molar-refractivity contribution < 1.29 is 14.3 Å². The number of hydrogen-bond donors (Lipinski definition) is 0. The van der Waals surface area contributed by atoms with Crippen molar-refractivity contribution in [3.63, 3.8) is 0 Å². The van der Waals surface area contributed by atoms with Gasteiger partial charge in [0.2, 0.25) is 0 Å². The molecular weight excluding hydrogens is 434 g/mol. The summed E-state index contributed by atoms with van der Waals surface area (Å²) in [6.45, 7) is 1.89. The van der Waals surface area contributed by atoms with Crippen molar-refractivity contribution in [1.82, 2.24) is 0 Å². The highest BCUT2D eigenvalue weighted by molar-refractivity contribution is 9.10. The van der Waals surface area contributed by atoms with Gasteiger partial charge in [-0.1, -0.05) is 64.2 Å². The third-order valence-corrected chi connectivity index (χ3v) is 5.94. The first kappa shape index (κ1) is 18.8. The van der Waals surface area contributed by atoms with E-state index in [9.17, 15) is 9.59 Å². The molecule has 0 unspecified atom stereocenters. The minimum atomic E-state index is -0.511. The number of amides is 1. The number of nitrogens with zero attached hydrogens (tertiary/aromatic N) is 1. The maximum Gasteiger partial charge on any atom is 0.339 e. The van der Waals surface area contributed by atoms with E-state index in [1.165, 1.54) is 23.8 Å². The van der Waals surface area contributed by atoms with Gasteiger partial charge in [0.15, 0.2) is 4.32 Å². The Bertz CT molecular complexity index is 938. The van der Waals surface area contributed by atoms with Crippen LogP contribution in [0.15, 0.2) is 57.9 Å². The van der Waals surface area contributed by atoms with E-state index in [1.807, 2.05) is 31.2 Å². The van der Waals surface area contributed by atoms with Crippen LogP contribution in [0.25, 0.3) is 5.57 Å². The van der Waals surface area contributed by atoms with Crippen molar-refractivity contribution in [3.8, 4) is 0 Å². The molecule has 0 aromatic heterocycles. The summed E-state index contributed by atoms with van der Waals surface area (Å²) >= 11 is 10.1. The fourth-order valence-corrected chi connectivity index (χ4v) is 4.18. The van der Waals surface area contributed by atoms with Crippen LogP contribution in [0.3, 0.4) is 0 Å². The summed E-state index contributed by atoms with van der Waals surface area (Å²) in [6, 6.07) is 14.5. The number of methoxy groups -OCH3 is 1. The van der Waals surface area contributed by atoms with Gasteiger partial charge in [0, 0.05) is 4.47 Å². The number of thioether (sulfide) groups is 1. The third kappa shape index (κ3) is 3.47. The number of carbonyl (C=O) groups excluding carboxylic acids is 2. The number of hydrogen-bond acceptors (Lipinski definition) is 5. The predicted octanol–water partition coefficient (Wildman–Crippen LogP) is 5.03. The van der Waals surface area contributed by atoms with Gasteiger partial charge in [-0.05, 0) is 42.3 Å². The number of esters is 1. The van der Waals surface area contributed by atoms with Crippen molar-refractivity contribution in [2.45, 2.75) is 6.92 Å². The van der Waals surface area contributed by atoms with Crippen LogP contribution in [0, 0.1) is 0 Å². The molecule has 1 amide bonds. The largest absolute Gasteiger partial charge is 0.465 e. The molecule has 1 fully saturated rings. The number of halogens is 1. The quantitative estimate of drug-likeness (QED) is 0.375.